The number of hydrogen-bond acceptors (Lipinski definition) is 5. The Hall–Kier alpha value is -1.34. The predicted octanol–water partition coefficient (Wildman–Crippen LogP) is 0.786. The van der Waals surface area contributed by atoms with Gasteiger partial charge in [-0.1, -0.05) is 0 Å². The maximum absolute atomic E-state index is 12.7. The van der Waals surface area contributed by atoms with Crippen LogP contribution in [0.4, 0.5) is 4.79 Å². The first kappa shape index (κ1) is 18.0. The smallest absolute Gasteiger partial charge is 0.410 e. The third-order valence-corrected chi connectivity index (χ3v) is 4.34. The van der Waals surface area contributed by atoms with Crippen molar-refractivity contribution in [3.8, 4) is 0 Å². The molecule has 1 atom stereocenters. The first-order valence-corrected chi connectivity index (χ1v) is 8.18. The molecule has 2 rings (SSSR count). The standard InChI is InChI=1S/C16H29N3O4/c1-15(2,3)23-14(21)18-7-9-19(10-8-18)16(6-11-22-12-16)13(20)17(4)5/h6-12H2,1-5H3/t16-/m0/s1. The van der Waals surface area contributed by atoms with Crippen molar-refractivity contribution < 1.29 is 19.1 Å². The largest absolute Gasteiger partial charge is 0.444 e. The molecule has 0 aromatic heterocycles. The molecule has 23 heavy (non-hydrogen) atoms. The molecule has 0 N–H and O–H groups in total. The van der Waals surface area contributed by atoms with Crippen LogP contribution in [0.2, 0.25) is 0 Å². The highest BCUT2D eigenvalue weighted by Gasteiger charge is 2.49. The molecule has 2 aliphatic heterocycles. The lowest BCUT2D eigenvalue weighted by molar-refractivity contribution is -0.143. The fourth-order valence-electron chi connectivity index (χ4n) is 3.17. The van der Waals surface area contributed by atoms with E-state index in [1.165, 1.54) is 0 Å². The van der Waals surface area contributed by atoms with E-state index >= 15 is 0 Å². The number of rotatable bonds is 2. The lowest BCUT2D eigenvalue weighted by atomic mass is 9.93. The molecule has 7 nitrogen and oxygen atoms in total. The first-order valence-electron chi connectivity index (χ1n) is 8.18. The zero-order chi connectivity index (χ0) is 17.3. The minimum Gasteiger partial charge on any atom is -0.444 e. The van der Waals surface area contributed by atoms with Crippen LogP contribution in [0.15, 0.2) is 0 Å². The Balaban J connectivity index is 2.00. The highest BCUT2D eigenvalue weighted by atomic mass is 16.6. The molecule has 0 unspecified atom stereocenters. The number of carbonyl (C=O) groups is 2. The van der Waals surface area contributed by atoms with E-state index in [4.69, 9.17) is 9.47 Å². The summed E-state index contributed by atoms with van der Waals surface area (Å²) in [6, 6.07) is 0. The predicted molar refractivity (Wildman–Crippen MR) is 86.2 cm³/mol. The molecule has 0 aromatic rings. The lowest BCUT2D eigenvalue weighted by Crippen LogP contribution is -2.64. The summed E-state index contributed by atoms with van der Waals surface area (Å²) in [4.78, 5) is 30.3. The normalized spacial score (nSPS) is 26.2. The molecule has 2 amide bonds. The zero-order valence-corrected chi connectivity index (χ0v) is 14.9. The van der Waals surface area contributed by atoms with Gasteiger partial charge in [-0.2, -0.15) is 0 Å². The van der Waals surface area contributed by atoms with Crippen molar-refractivity contribution in [2.75, 3.05) is 53.5 Å². The molecule has 0 aromatic carbocycles. The number of amides is 2. The number of carbonyl (C=O) groups excluding carboxylic acids is 2. The van der Waals surface area contributed by atoms with E-state index in [0.29, 0.717) is 45.8 Å². The molecule has 0 saturated carbocycles. The summed E-state index contributed by atoms with van der Waals surface area (Å²) in [5.41, 5.74) is -1.07. The molecular formula is C16H29N3O4. The molecule has 0 bridgehead atoms. The van der Waals surface area contributed by atoms with Gasteiger partial charge in [-0.05, 0) is 20.8 Å². The van der Waals surface area contributed by atoms with Crippen LogP contribution in [0.5, 0.6) is 0 Å². The Morgan fingerprint density at radius 1 is 1.13 bits per heavy atom. The van der Waals surface area contributed by atoms with E-state index in [9.17, 15) is 9.59 Å². The highest BCUT2D eigenvalue weighted by molar-refractivity contribution is 5.86. The van der Waals surface area contributed by atoms with Crippen LogP contribution in [0.3, 0.4) is 0 Å². The van der Waals surface area contributed by atoms with Crippen molar-refractivity contribution in [3.05, 3.63) is 0 Å². The Morgan fingerprint density at radius 2 is 1.74 bits per heavy atom. The third-order valence-electron chi connectivity index (χ3n) is 4.34. The van der Waals surface area contributed by atoms with Gasteiger partial charge in [-0.3, -0.25) is 9.69 Å². The number of ether oxygens (including phenoxy) is 2. The molecular weight excluding hydrogens is 298 g/mol. The van der Waals surface area contributed by atoms with Crippen molar-refractivity contribution >= 4 is 12.0 Å². The maximum atomic E-state index is 12.7. The topological polar surface area (TPSA) is 62.3 Å². The quantitative estimate of drug-likeness (QED) is 0.750. The molecule has 0 spiro atoms. The van der Waals surface area contributed by atoms with Crippen LogP contribution in [-0.4, -0.2) is 91.3 Å². The van der Waals surface area contributed by atoms with Crippen molar-refractivity contribution in [1.82, 2.24) is 14.7 Å². The van der Waals surface area contributed by atoms with Crippen LogP contribution in [0, 0.1) is 0 Å². The Bertz CT molecular complexity index is 445. The molecule has 2 aliphatic rings. The zero-order valence-electron chi connectivity index (χ0n) is 14.9. The van der Waals surface area contributed by atoms with Crippen molar-refractivity contribution in [2.24, 2.45) is 0 Å². The van der Waals surface area contributed by atoms with Crippen LogP contribution in [0.1, 0.15) is 27.2 Å². The van der Waals surface area contributed by atoms with E-state index < -0.39 is 11.1 Å². The Labute approximate surface area is 138 Å². The van der Waals surface area contributed by atoms with E-state index in [1.54, 1.807) is 23.9 Å². The summed E-state index contributed by atoms with van der Waals surface area (Å²) < 4.78 is 10.9. The summed E-state index contributed by atoms with van der Waals surface area (Å²) >= 11 is 0. The summed E-state index contributed by atoms with van der Waals surface area (Å²) in [6.07, 6.45) is 0.420. The van der Waals surface area contributed by atoms with Crippen LogP contribution in [-0.2, 0) is 14.3 Å². The molecule has 0 aliphatic carbocycles. The number of likely N-dealkylation sites (N-methyl/N-ethyl adjacent to an activating group) is 1. The van der Waals surface area contributed by atoms with Gasteiger partial charge >= 0.3 is 6.09 Å². The van der Waals surface area contributed by atoms with Gasteiger partial charge in [0.25, 0.3) is 0 Å². The molecule has 2 fully saturated rings. The van der Waals surface area contributed by atoms with Gasteiger partial charge in [-0.25, -0.2) is 4.79 Å². The molecule has 2 saturated heterocycles. The SMILES string of the molecule is CN(C)C(=O)[C@]1(N2CCN(C(=O)OC(C)(C)C)CC2)CCOC1. The highest BCUT2D eigenvalue weighted by Crippen LogP contribution is 2.29. The maximum Gasteiger partial charge on any atom is 0.410 e. The second-order valence-electron chi connectivity index (χ2n) is 7.49. The Morgan fingerprint density at radius 3 is 2.17 bits per heavy atom. The molecule has 7 heteroatoms. The lowest BCUT2D eigenvalue weighted by Gasteiger charge is -2.44. The summed E-state index contributed by atoms with van der Waals surface area (Å²) in [5, 5.41) is 0. The van der Waals surface area contributed by atoms with Crippen molar-refractivity contribution in [2.45, 2.75) is 38.3 Å². The van der Waals surface area contributed by atoms with Crippen LogP contribution < -0.4 is 0 Å². The number of piperazine rings is 1. The first-order chi connectivity index (χ1) is 10.7. The van der Waals surface area contributed by atoms with Crippen LogP contribution in [0.25, 0.3) is 0 Å². The fraction of sp³-hybridized carbons (Fsp3) is 0.875. The Kier molecular flexibility index (Phi) is 5.20. The second-order valence-corrected chi connectivity index (χ2v) is 7.49. The molecule has 2 heterocycles. The van der Waals surface area contributed by atoms with Crippen LogP contribution >= 0.6 is 0 Å². The number of nitrogens with zero attached hydrogens (tertiary/aromatic N) is 3. The van der Waals surface area contributed by atoms with Gasteiger partial charge in [0.2, 0.25) is 5.91 Å². The van der Waals surface area contributed by atoms with E-state index in [1.807, 2.05) is 20.8 Å². The minimum atomic E-state index is -0.580. The summed E-state index contributed by atoms with van der Waals surface area (Å²) in [6.45, 7) is 9.06. The van der Waals surface area contributed by atoms with Gasteiger partial charge in [0.1, 0.15) is 11.1 Å². The summed E-state index contributed by atoms with van der Waals surface area (Å²) in [5.74, 6) is 0.0840. The second kappa shape index (κ2) is 6.65. The molecule has 0 radical (unpaired) electrons. The van der Waals surface area contributed by atoms with Gasteiger partial charge in [0, 0.05) is 53.3 Å². The van der Waals surface area contributed by atoms with E-state index in [2.05, 4.69) is 4.90 Å². The van der Waals surface area contributed by atoms with Gasteiger partial charge in [-0.15, -0.1) is 0 Å². The van der Waals surface area contributed by atoms with Crippen molar-refractivity contribution in [1.29, 1.82) is 0 Å². The van der Waals surface area contributed by atoms with Gasteiger partial charge < -0.3 is 19.3 Å². The molecule has 132 valence electrons. The number of hydrogen-bond donors (Lipinski definition) is 0. The van der Waals surface area contributed by atoms with E-state index in [0.717, 1.165) is 0 Å². The monoisotopic (exact) mass is 327 g/mol. The summed E-state index contributed by atoms with van der Waals surface area (Å²) in [7, 11) is 3.55. The fourth-order valence-corrected chi connectivity index (χ4v) is 3.17. The van der Waals surface area contributed by atoms with E-state index in [-0.39, 0.29) is 12.0 Å². The average molecular weight is 327 g/mol. The average Bonchev–Trinajstić information content (AvgIpc) is 2.95. The minimum absolute atomic E-state index is 0.0840. The van der Waals surface area contributed by atoms with Crippen molar-refractivity contribution in [3.63, 3.8) is 0 Å². The van der Waals surface area contributed by atoms with Gasteiger partial charge in [0.05, 0.1) is 6.61 Å². The van der Waals surface area contributed by atoms with Gasteiger partial charge in [0.15, 0.2) is 0 Å². The third kappa shape index (κ3) is 3.95.